The molecule has 1 aliphatic rings. The van der Waals surface area contributed by atoms with Crippen molar-refractivity contribution < 1.29 is 27.8 Å². The van der Waals surface area contributed by atoms with E-state index in [0.717, 1.165) is 33.4 Å². The predicted molar refractivity (Wildman–Crippen MR) is 266 cm³/mol. The van der Waals surface area contributed by atoms with Crippen molar-refractivity contribution in [3.8, 4) is 67.9 Å². The fraction of sp³-hybridized carbons (Fsp3) is 0. The Morgan fingerprint density at radius 2 is 0.621 bits per heavy atom. The molecule has 9 aromatic carbocycles. The lowest BCUT2D eigenvalue weighted by molar-refractivity contribution is 0.0546. The van der Waals surface area contributed by atoms with Crippen LogP contribution in [0, 0.1) is 0 Å². The molecule has 2 unspecified atom stereocenters. The molecule has 0 N–H and O–H groups in total. The van der Waals surface area contributed by atoms with Crippen molar-refractivity contribution in [3.05, 3.63) is 255 Å². The topological polar surface area (TPSA) is 74.2 Å². The fourth-order valence-electron chi connectivity index (χ4n) is 6.91. The van der Waals surface area contributed by atoms with Gasteiger partial charge in [0.05, 0.1) is 0 Å². The molecule has 324 valence electrons. The minimum absolute atomic E-state index is 0.487. The van der Waals surface area contributed by atoms with E-state index in [-0.39, 0.29) is 0 Å². The first-order chi connectivity index (χ1) is 32.6. The molecule has 9 aromatic rings. The summed E-state index contributed by atoms with van der Waals surface area (Å²) in [5.41, 5.74) is 6.33. The number of rotatable bonds is 15. The van der Waals surface area contributed by atoms with E-state index in [0.29, 0.717) is 34.5 Å². The van der Waals surface area contributed by atoms with E-state index < -0.39 is 24.6 Å². The largest absolute Gasteiger partial charge is 0.447 e. The molecule has 0 spiro atoms. The molecule has 12 heteroatoms. The van der Waals surface area contributed by atoms with Gasteiger partial charge >= 0.3 is 24.6 Å². The summed E-state index contributed by atoms with van der Waals surface area (Å²) in [7, 11) is -8.33. The Morgan fingerprint density at radius 1 is 0.303 bits per heavy atom. The molecular formula is C54H42N3O6P3. The smallest absolute Gasteiger partial charge is 0.440 e. The van der Waals surface area contributed by atoms with Crippen molar-refractivity contribution in [2.75, 3.05) is 0 Å². The summed E-state index contributed by atoms with van der Waals surface area (Å²) in [6.07, 6.45) is 0. The highest BCUT2D eigenvalue weighted by molar-refractivity contribution is 7.78. The van der Waals surface area contributed by atoms with Gasteiger partial charge in [0.15, 0.2) is 0 Å². The second kappa shape index (κ2) is 20.3. The Labute approximate surface area is 387 Å². The van der Waals surface area contributed by atoms with Gasteiger partial charge < -0.3 is 27.8 Å². The van der Waals surface area contributed by atoms with Gasteiger partial charge in [-0.1, -0.05) is 182 Å². The van der Waals surface area contributed by atoms with Gasteiger partial charge in [0, 0.05) is 9.21 Å². The average molecular weight is 922 g/mol. The highest BCUT2D eigenvalue weighted by Crippen LogP contribution is 2.77. The molecule has 0 amide bonds. The van der Waals surface area contributed by atoms with Crippen LogP contribution >= 0.6 is 24.6 Å². The van der Waals surface area contributed by atoms with E-state index >= 15 is 0 Å². The van der Waals surface area contributed by atoms with E-state index in [4.69, 9.17) is 32.3 Å². The molecule has 9 nitrogen and oxygen atoms in total. The Balaban J connectivity index is 1.15. The van der Waals surface area contributed by atoms with Gasteiger partial charge in [-0.15, -0.1) is 4.52 Å². The lowest BCUT2D eigenvalue weighted by Crippen LogP contribution is -2.37. The monoisotopic (exact) mass is 921 g/mol. The third-order valence-corrected chi connectivity index (χ3v) is 17.0. The number of hydrogen-bond acceptors (Lipinski definition) is 9. The standard InChI is InChI=1S/C54H42N3O6P3/c1-7-19-43(20-8-1)46-31-37-49(38-32-46)58-56-64(60-51-25-13-4-14-26-51)55-66(62-53-27-15-5-16-28-53,63-54-29-17-6-18-30-54)57(59-50-39-33-47(34-40-50)44-21-9-2-10-22-44)65(56)61-52-41-35-48(36-42-52)45-23-11-3-12-24-45/h1-42H. The van der Waals surface area contributed by atoms with Gasteiger partial charge in [-0.25, -0.2) is 0 Å². The maximum atomic E-state index is 7.21. The Kier molecular flexibility index (Phi) is 13.1. The van der Waals surface area contributed by atoms with Crippen molar-refractivity contribution in [3.63, 3.8) is 0 Å². The van der Waals surface area contributed by atoms with E-state index in [1.807, 2.05) is 218 Å². The summed E-state index contributed by atoms with van der Waals surface area (Å²) >= 11 is 0. The van der Waals surface area contributed by atoms with E-state index in [2.05, 4.69) is 36.4 Å². The Hall–Kier alpha value is -7.21. The van der Waals surface area contributed by atoms with Crippen LogP contribution in [0.4, 0.5) is 0 Å². The molecule has 0 aromatic heterocycles. The normalized spacial score (nSPS) is 15.7. The van der Waals surface area contributed by atoms with Gasteiger partial charge in [0.25, 0.3) is 0 Å². The summed E-state index contributed by atoms with van der Waals surface area (Å²) in [6.45, 7) is 0. The molecule has 10 rings (SSSR count). The summed E-state index contributed by atoms with van der Waals surface area (Å²) in [5.74, 6) is 3.11. The SMILES string of the molecule is c1ccc(OP2N=P(Oc3ccccc3)(Oc3ccccc3)N(Oc3ccc(-c4ccccc4)cc3)P(Oc3ccc(-c4ccccc4)cc3)N2Oc2ccc(-c3ccccc3)cc2)cc1. The molecule has 0 aliphatic carbocycles. The third-order valence-electron chi connectivity index (χ3n) is 10.2. The van der Waals surface area contributed by atoms with Crippen LogP contribution in [0.5, 0.6) is 34.5 Å². The van der Waals surface area contributed by atoms with Crippen molar-refractivity contribution in [1.29, 1.82) is 0 Å². The van der Waals surface area contributed by atoms with Crippen molar-refractivity contribution in [1.82, 2.24) is 9.21 Å². The van der Waals surface area contributed by atoms with Crippen LogP contribution in [0.15, 0.2) is 259 Å². The van der Waals surface area contributed by atoms with Crippen molar-refractivity contribution >= 4 is 24.6 Å². The quantitative estimate of drug-likeness (QED) is 0.0942. The first kappa shape index (κ1) is 42.7. The molecule has 2 atom stereocenters. The Bertz CT molecular complexity index is 2940. The maximum absolute atomic E-state index is 7.21. The van der Waals surface area contributed by atoms with Gasteiger partial charge in [-0.3, -0.25) is 0 Å². The van der Waals surface area contributed by atoms with Crippen molar-refractivity contribution in [2.45, 2.75) is 0 Å². The van der Waals surface area contributed by atoms with E-state index in [1.165, 1.54) is 0 Å². The summed E-state index contributed by atoms with van der Waals surface area (Å²) < 4.78 is 37.1. The average Bonchev–Trinajstić information content (AvgIpc) is 3.38. The first-order valence-corrected chi connectivity index (χ1v) is 25.1. The molecule has 0 radical (unpaired) electrons. The van der Waals surface area contributed by atoms with Crippen LogP contribution in [-0.2, 0) is 0 Å². The molecule has 0 saturated heterocycles. The molecule has 0 saturated carbocycles. The second-order valence-corrected chi connectivity index (χ2v) is 20.3. The molecule has 1 aliphatic heterocycles. The highest BCUT2D eigenvalue weighted by atomic mass is 31.3. The summed E-state index contributed by atoms with van der Waals surface area (Å²) in [4.78, 5) is 14.1. The molecular weight excluding hydrogens is 880 g/mol. The summed E-state index contributed by atoms with van der Waals surface area (Å²) in [6, 6.07) is 82.7. The minimum atomic E-state index is -3.89. The van der Waals surface area contributed by atoms with Crippen LogP contribution in [0.3, 0.4) is 0 Å². The van der Waals surface area contributed by atoms with Crippen LogP contribution in [-0.4, -0.2) is 9.21 Å². The van der Waals surface area contributed by atoms with Gasteiger partial charge in [0.1, 0.15) is 34.5 Å². The van der Waals surface area contributed by atoms with Crippen LogP contribution in [0.25, 0.3) is 33.4 Å². The fourth-order valence-corrected chi connectivity index (χ4v) is 14.4. The first-order valence-electron chi connectivity index (χ1n) is 21.2. The van der Waals surface area contributed by atoms with Crippen LogP contribution in [0.2, 0.25) is 0 Å². The van der Waals surface area contributed by atoms with E-state index in [1.54, 1.807) is 9.21 Å². The number of benzene rings is 9. The number of nitrogens with zero attached hydrogens (tertiary/aromatic N) is 3. The van der Waals surface area contributed by atoms with Crippen molar-refractivity contribution in [2.24, 2.45) is 4.52 Å². The third kappa shape index (κ3) is 10.2. The number of para-hydroxylation sites is 3. The minimum Gasteiger partial charge on any atom is -0.440 e. The molecule has 0 bridgehead atoms. The van der Waals surface area contributed by atoms with Gasteiger partial charge in [-0.05, 0) is 106 Å². The van der Waals surface area contributed by atoms with E-state index in [9.17, 15) is 0 Å². The zero-order chi connectivity index (χ0) is 44.4. The Morgan fingerprint density at radius 3 is 1.03 bits per heavy atom. The lowest BCUT2D eigenvalue weighted by atomic mass is 10.1. The zero-order valence-electron chi connectivity index (χ0n) is 35.4. The lowest BCUT2D eigenvalue weighted by Gasteiger charge is -2.43. The van der Waals surface area contributed by atoms with Crippen LogP contribution in [0.1, 0.15) is 0 Å². The predicted octanol–water partition coefficient (Wildman–Crippen LogP) is 16.3. The summed E-state index contributed by atoms with van der Waals surface area (Å²) in [5, 5.41) is 0. The molecule has 66 heavy (non-hydrogen) atoms. The van der Waals surface area contributed by atoms with Gasteiger partial charge in [-0.2, -0.15) is 0 Å². The zero-order valence-corrected chi connectivity index (χ0v) is 38.1. The maximum Gasteiger partial charge on any atom is 0.447 e. The second-order valence-electron chi connectivity index (χ2n) is 14.7. The number of hydrogen-bond donors (Lipinski definition) is 0. The van der Waals surface area contributed by atoms with Gasteiger partial charge in [0.2, 0.25) is 0 Å². The molecule has 0 fully saturated rings. The van der Waals surface area contributed by atoms with Crippen LogP contribution < -0.4 is 27.8 Å². The molecule has 1 heterocycles. The highest BCUT2D eigenvalue weighted by Gasteiger charge is 2.58.